The largest absolute Gasteiger partial charge is 0.505 e. The number of rotatable bonds is 1. The van der Waals surface area contributed by atoms with E-state index in [2.05, 4.69) is 58.7 Å². The van der Waals surface area contributed by atoms with Crippen LogP contribution < -0.4 is 5.73 Å². The average Bonchev–Trinajstić information content (AvgIpc) is 3.39. The van der Waals surface area contributed by atoms with E-state index in [0.717, 1.165) is 44.3 Å². The van der Waals surface area contributed by atoms with Crippen molar-refractivity contribution in [1.82, 2.24) is 9.55 Å². The van der Waals surface area contributed by atoms with E-state index < -0.39 is 0 Å². The number of anilines is 1. The molecule has 1 aliphatic carbocycles. The van der Waals surface area contributed by atoms with E-state index in [1.165, 1.54) is 0 Å². The molecule has 0 spiro atoms. The van der Waals surface area contributed by atoms with Gasteiger partial charge in [-0.2, -0.15) is 0 Å². The van der Waals surface area contributed by atoms with Crippen molar-refractivity contribution in [3.05, 3.63) is 59.9 Å². The van der Waals surface area contributed by atoms with E-state index >= 15 is 0 Å². The van der Waals surface area contributed by atoms with Gasteiger partial charge in [-0.1, -0.05) is 59.7 Å². The number of nitrogens with zero attached hydrogens (tertiary/aromatic N) is 2. The summed E-state index contributed by atoms with van der Waals surface area (Å²) in [6.07, 6.45) is 1.75. The first-order valence-electron chi connectivity index (χ1n) is 11.4. The lowest BCUT2D eigenvalue weighted by Crippen LogP contribution is -2.42. The number of nitrogens with two attached hydrogens (primary N) is 1. The van der Waals surface area contributed by atoms with Crippen molar-refractivity contribution in [2.75, 3.05) is 5.73 Å². The van der Waals surface area contributed by atoms with E-state index in [1.807, 2.05) is 34.9 Å². The summed E-state index contributed by atoms with van der Waals surface area (Å²) in [5.74, 6) is 0.242. The molecular formula is C28H29N3O2. The molecule has 33 heavy (non-hydrogen) atoms. The standard InChI is InChI=1S/C28H29N3O2/c1-26(2)20-21(27(3,4)28(26,5)6)25(32)23-24(22(20)29)31(14-30-23)15-11-12-19-17(13-15)16-9-7-8-10-18(16)33-19/h7-14,32H,29H2,1-6H3. The zero-order valence-electron chi connectivity index (χ0n) is 19.9. The minimum Gasteiger partial charge on any atom is -0.505 e. The van der Waals surface area contributed by atoms with Gasteiger partial charge in [-0.05, 0) is 46.1 Å². The van der Waals surface area contributed by atoms with Gasteiger partial charge in [0, 0.05) is 22.0 Å². The summed E-state index contributed by atoms with van der Waals surface area (Å²) in [6.45, 7) is 13.4. The van der Waals surface area contributed by atoms with Gasteiger partial charge in [0.05, 0.1) is 5.69 Å². The van der Waals surface area contributed by atoms with Gasteiger partial charge in [0.2, 0.25) is 0 Å². The normalized spacial score (nSPS) is 18.4. The zero-order chi connectivity index (χ0) is 23.5. The Hall–Kier alpha value is -3.47. The number of benzene rings is 3. The third kappa shape index (κ3) is 2.20. The lowest BCUT2D eigenvalue weighted by Gasteiger charge is -2.44. The Kier molecular flexibility index (Phi) is 3.61. The van der Waals surface area contributed by atoms with E-state index in [1.54, 1.807) is 6.33 Å². The topological polar surface area (TPSA) is 77.2 Å². The van der Waals surface area contributed by atoms with Crippen LogP contribution in [0.4, 0.5) is 5.69 Å². The van der Waals surface area contributed by atoms with Crippen molar-refractivity contribution in [2.24, 2.45) is 5.41 Å². The number of nitrogen functional groups attached to an aromatic ring is 1. The number of imidazole rings is 1. The van der Waals surface area contributed by atoms with Crippen molar-refractivity contribution >= 4 is 38.7 Å². The summed E-state index contributed by atoms with van der Waals surface area (Å²) in [6, 6.07) is 14.1. The van der Waals surface area contributed by atoms with Gasteiger partial charge in [0.15, 0.2) is 0 Å². The Balaban J connectivity index is 1.68. The molecule has 0 fully saturated rings. The molecule has 0 unspecified atom stereocenters. The number of aromatic nitrogens is 2. The molecule has 0 saturated carbocycles. The van der Waals surface area contributed by atoms with Crippen LogP contribution in [0, 0.1) is 5.41 Å². The number of hydrogen-bond donors (Lipinski definition) is 2. The molecule has 0 aliphatic heterocycles. The summed E-state index contributed by atoms with van der Waals surface area (Å²) < 4.78 is 7.99. The second kappa shape index (κ2) is 5.90. The monoisotopic (exact) mass is 439 g/mol. The zero-order valence-corrected chi connectivity index (χ0v) is 19.9. The highest BCUT2D eigenvalue weighted by Crippen LogP contribution is 2.66. The van der Waals surface area contributed by atoms with Gasteiger partial charge in [0.25, 0.3) is 0 Å². The predicted molar refractivity (Wildman–Crippen MR) is 134 cm³/mol. The van der Waals surface area contributed by atoms with Gasteiger partial charge in [-0.25, -0.2) is 4.98 Å². The molecule has 5 nitrogen and oxygen atoms in total. The Morgan fingerprint density at radius 1 is 0.879 bits per heavy atom. The first-order chi connectivity index (χ1) is 15.5. The maximum atomic E-state index is 11.5. The third-order valence-electron chi connectivity index (χ3n) is 9.02. The molecule has 0 amide bonds. The molecule has 2 aromatic heterocycles. The van der Waals surface area contributed by atoms with Gasteiger partial charge >= 0.3 is 0 Å². The minimum atomic E-state index is -0.267. The van der Waals surface area contributed by atoms with Crippen molar-refractivity contribution in [1.29, 1.82) is 0 Å². The van der Waals surface area contributed by atoms with Crippen LogP contribution in [0.5, 0.6) is 5.75 Å². The Labute approximate surface area is 192 Å². The van der Waals surface area contributed by atoms with Crippen LogP contribution in [-0.4, -0.2) is 14.7 Å². The van der Waals surface area contributed by atoms with Crippen molar-refractivity contribution in [3.8, 4) is 11.4 Å². The predicted octanol–water partition coefficient (Wildman–Crippen LogP) is 6.81. The van der Waals surface area contributed by atoms with Crippen LogP contribution in [-0.2, 0) is 10.8 Å². The van der Waals surface area contributed by atoms with Crippen LogP contribution in [0.1, 0.15) is 52.7 Å². The molecule has 168 valence electrons. The number of phenols is 1. The highest BCUT2D eigenvalue weighted by Gasteiger charge is 2.59. The number of fused-ring (bicyclic) bond motifs is 5. The third-order valence-corrected chi connectivity index (χ3v) is 9.02. The molecule has 5 heteroatoms. The maximum absolute atomic E-state index is 11.5. The fourth-order valence-electron chi connectivity index (χ4n) is 5.99. The van der Waals surface area contributed by atoms with E-state index in [-0.39, 0.29) is 22.0 Å². The van der Waals surface area contributed by atoms with Gasteiger partial charge in [-0.15, -0.1) is 0 Å². The van der Waals surface area contributed by atoms with Crippen LogP contribution in [0.25, 0.3) is 38.7 Å². The number of hydrogen-bond acceptors (Lipinski definition) is 4. The van der Waals surface area contributed by atoms with E-state index in [0.29, 0.717) is 11.2 Å². The molecule has 3 aromatic carbocycles. The van der Waals surface area contributed by atoms with Gasteiger partial charge in [-0.3, -0.25) is 4.57 Å². The van der Waals surface area contributed by atoms with Crippen molar-refractivity contribution in [3.63, 3.8) is 0 Å². The number of para-hydroxylation sites is 1. The highest BCUT2D eigenvalue weighted by molar-refractivity contribution is 6.06. The lowest BCUT2D eigenvalue weighted by atomic mass is 9.59. The second-order valence-electron chi connectivity index (χ2n) is 11.0. The van der Waals surface area contributed by atoms with Crippen LogP contribution in [0.2, 0.25) is 0 Å². The number of phenolic OH excluding ortho intramolecular Hbond substituents is 1. The molecule has 5 aromatic rings. The fourth-order valence-corrected chi connectivity index (χ4v) is 5.99. The fraction of sp³-hybridized carbons (Fsp3) is 0.321. The summed E-state index contributed by atoms with van der Waals surface area (Å²) in [5.41, 5.74) is 12.9. The molecular weight excluding hydrogens is 410 g/mol. The van der Waals surface area contributed by atoms with Gasteiger partial charge in [0.1, 0.15) is 34.3 Å². The molecule has 0 bridgehead atoms. The summed E-state index contributed by atoms with van der Waals surface area (Å²) >= 11 is 0. The average molecular weight is 440 g/mol. The Morgan fingerprint density at radius 3 is 2.30 bits per heavy atom. The molecule has 0 saturated heterocycles. The van der Waals surface area contributed by atoms with Gasteiger partial charge < -0.3 is 15.3 Å². The summed E-state index contributed by atoms with van der Waals surface area (Å²) in [7, 11) is 0. The number of aromatic hydroxyl groups is 1. The summed E-state index contributed by atoms with van der Waals surface area (Å²) in [5, 5.41) is 13.6. The number of furan rings is 1. The SMILES string of the molecule is CC1(C)c2c(c(N)c3c(ncn3-c3ccc4oc5ccccc5c4c3)c2O)C(C)(C)C1(C)C. The molecule has 6 rings (SSSR count). The van der Waals surface area contributed by atoms with Crippen LogP contribution >= 0.6 is 0 Å². The molecule has 0 atom stereocenters. The van der Waals surface area contributed by atoms with Crippen LogP contribution in [0.15, 0.2) is 53.2 Å². The maximum Gasteiger partial charge on any atom is 0.147 e. The summed E-state index contributed by atoms with van der Waals surface area (Å²) in [4.78, 5) is 4.63. The molecule has 1 aliphatic rings. The first kappa shape index (κ1) is 20.2. The quantitative estimate of drug-likeness (QED) is 0.222. The lowest BCUT2D eigenvalue weighted by molar-refractivity contribution is 0.124. The highest BCUT2D eigenvalue weighted by atomic mass is 16.3. The molecule has 0 radical (unpaired) electrons. The Bertz CT molecular complexity index is 1620. The second-order valence-corrected chi connectivity index (χ2v) is 11.0. The van der Waals surface area contributed by atoms with E-state index in [9.17, 15) is 5.11 Å². The van der Waals surface area contributed by atoms with Crippen molar-refractivity contribution < 1.29 is 9.52 Å². The van der Waals surface area contributed by atoms with Crippen LogP contribution in [0.3, 0.4) is 0 Å². The smallest absolute Gasteiger partial charge is 0.147 e. The minimum absolute atomic E-state index is 0.119. The Morgan fingerprint density at radius 2 is 1.55 bits per heavy atom. The van der Waals surface area contributed by atoms with E-state index in [4.69, 9.17) is 10.2 Å². The first-order valence-corrected chi connectivity index (χ1v) is 11.4. The molecule has 3 N–H and O–H groups in total. The molecule has 2 heterocycles. The van der Waals surface area contributed by atoms with Crippen molar-refractivity contribution in [2.45, 2.75) is 52.4 Å².